The number of benzene rings is 3. The number of likely N-dealkylation sites (N-methyl/N-ethyl adjacent to an activating group) is 1. The van der Waals surface area contributed by atoms with Crippen LogP contribution >= 0.6 is 0 Å². The summed E-state index contributed by atoms with van der Waals surface area (Å²) in [6.45, 7) is 9.38. The monoisotopic (exact) mass is 650 g/mol. The summed E-state index contributed by atoms with van der Waals surface area (Å²) in [5.41, 5.74) is 4.63. The minimum absolute atomic E-state index is 0.0243. The van der Waals surface area contributed by atoms with Gasteiger partial charge in [0.25, 0.3) is 5.91 Å². The van der Waals surface area contributed by atoms with Crippen molar-refractivity contribution in [3.8, 4) is 28.6 Å². The lowest BCUT2D eigenvalue weighted by Gasteiger charge is -2.32. The molecular weight excluding hydrogens is 611 g/mol. The predicted molar refractivity (Wildman–Crippen MR) is 184 cm³/mol. The Hall–Kier alpha value is -5.33. The summed E-state index contributed by atoms with van der Waals surface area (Å²) in [6, 6.07) is 19.5. The Morgan fingerprint density at radius 3 is 2.54 bits per heavy atom. The Bertz CT molecular complexity index is 1840. The van der Waals surface area contributed by atoms with Gasteiger partial charge in [-0.2, -0.15) is 10.1 Å². The summed E-state index contributed by atoms with van der Waals surface area (Å²) < 4.78 is 27.0. The van der Waals surface area contributed by atoms with E-state index >= 15 is 4.39 Å². The number of anilines is 3. The molecule has 12 heteroatoms. The van der Waals surface area contributed by atoms with Crippen LogP contribution in [0.25, 0.3) is 11.3 Å². The van der Waals surface area contributed by atoms with Crippen LogP contribution in [0.1, 0.15) is 27.9 Å². The first-order chi connectivity index (χ1) is 23.3. The number of nitrogens with zero attached hydrogens (tertiary/aromatic N) is 5. The van der Waals surface area contributed by atoms with Gasteiger partial charge < -0.3 is 29.9 Å². The molecule has 3 N–H and O–H groups in total. The van der Waals surface area contributed by atoms with E-state index < -0.39 is 11.7 Å². The van der Waals surface area contributed by atoms with E-state index in [9.17, 15) is 4.79 Å². The van der Waals surface area contributed by atoms with Gasteiger partial charge in [-0.05, 0) is 68.8 Å². The highest BCUT2D eigenvalue weighted by atomic mass is 19.1. The molecule has 2 aromatic heterocycles. The average molecular weight is 651 g/mol. The van der Waals surface area contributed by atoms with Crippen LogP contribution in [-0.4, -0.2) is 82.3 Å². The number of rotatable bonds is 12. The number of aryl methyl sites for hydroxylation is 2. The number of hydrogen-bond donors (Lipinski definition) is 3. The number of aromatic nitrogens is 4. The molecule has 3 heterocycles. The van der Waals surface area contributed by atoms with Crippen LogP contribution in [0.2, 0.25) is 0 Å². The van der Waals surface area contributed by atoms with E-state index in [2.05, 4.69) is 47.6 Å². The molecule has 3 aromatic carbocycles. The van der Waals surface area contributed by atoms with Crippen molar-refractivity contribution in [2.75, 3.05) is 57.0 Å². The third-order valence-electron chi connectivity index (χ3n) is 8.22. The van der Waals surface area contributed by atoms with Crippen molar-refractivity contribution in [3.63, 3.8) is 0 Å². The van der Waals surface area contributed by atoms with Crippen molar-refractivity contribution in [3.05, 3.63) is 102 Å². The normalized spacial score (nSPS) is 13.7. The fraction of sp³-hybridized carbons (Fsp3) is 0.278. The number of ether oxygens (including phenoxy) is 2. The molecule has 1 fully saturated rings. The maximum absolute atomic E-state index is 15.0. The van der Waals surface area contributed by atoms with Crippen molar-refractivity contribution in [1.29, 1.82) is 0 Å². The summed E-state index contributed by atoms with van der Waals surface area (Å²) in [5.74, 6) is -0.164. The first kappa shape index (κ1) is 32.6. The molecular formula is C36H39FN8O3. The zero-order chi connectivity index (χ0) is 33.5. The van der Waals surface area contributed by atoms with Crippen LogP contribution in [0.4, 0.5) is 21.7 Å². The Morgan fingerprint density at radius 1 is 1.00 bits per heavy atom. The molecule has 0 radical (unpaired) electrons. The third-order valence-corrected chi connectivity index (χ3v) is 8.22. The molecule has 0 spiro atoms. The summed E-state index contributed by atoms with van der Waals surface area (Å²) >= 11 is 0. The Kier molecular flexibility index (Phi) is 10.2. The summed E-state index contributed by atoms with van der Waals surface area (Å²) in [7, 11) is 2.13. The van der Waals surface area contributed by atoms with E-state index in [-0.39, 0.29) is 23.1 Å². The zero-order valence-corrected chi connectivity index (χ0v) is 27.3. The van der Waals surface area contributed by atoms with Crippen molar-refractivity contribution in [2.45, 2.75) is 20.3 Å². The quantitative estimate of drug-likeness (QED) is 0.131. The van der Waals surface area contributed by atoms with Crippen molar-refractivity contribution >= 4 is 23.2 Å². The van der Waals surface area contributed by atoms with Crippen LogP contribution in [0, 0.1) is 19.7 Å². The van der Waals surface area contributed by atoms with Gasteiger partial charge >= 0.3 is 0 Å². The first-order valence-electron chi connectivity index (χ1n) is 16.0. The lowest BCUT2D eigenvalue weighted by atomic mass is 10.1. The highest BCUT2D eigenvalue weighted by Gasteiger charge is 2.20. The van der Waals surface area contributed by atoms with Crippen LogP contribution in [0.3, 0.4) is 0 Å². The third kappa shape index (κ3) is 8.14. The number of H-pyrrole nitrogens is 1. The molecule has 1 saturated heterocycles. The molecule has 1 aliphatic heterocycles. The number of halogens is 1. The Balaban J connectivity index is 1.18. The molecule has 5 aromatic rings. The second kappa shape index (κ2) is 15.1. The molecule has 0 unspecified atom stereocenters. The number of carbonyl (C=O) groups excluding carboxylic acids is 1. The standard InChI is InChI=1S/C36H39FN8O3/c1-24-7-4-8-25(2)33(24)41-34(46)29-23-38-36(42-35(29)48-28-10-5-9-26(21-28)31-13-14-39-43-31)40-27-11-12-32(30(37)22-27)47-20-6-15-45-18-16-44(3)17-19-45/h4-5,7-14,21-23H,6,15-20H2,1-3H3,(H,39,43)(H,41,46)(H,38,40,42). The molecule has 6 rings (SSSR count). The van der Waals surface area contributed by atoms with Gasteiger partial charge in [0, 0.05) is 68.1 Å². The number of amides is 1. The summed E-state index contributed by atoms with van der Waals surface area (Å²) in [5, 5.41) is 13.0. The van der Waals surface area contributed by atoms with E-state index in [1.54, 1.807) is 30.5 Å². The second-order valence-corrected chi connectivity index (χ2v) is 11.8. The maximum atomic E-state index is 15.0. The topological polar surface area (TPSA) is 121 Å². The molecule has 0 aliphatic carbocycles. The molecule has 1 amide bonds. The van der Waals surface area contributed by atoms with Crippen LogP contribution in [0.5, 0.6) is 17.4 Å². The first-order valence-corrected chi connectivity index (χ1v) is 16.0. The number of para-hydroxylation sites is 1. The van der Waals surface area contributed by atoms with E-state index in [0.29, 0.717) is 23.7 Å². The zero-order valence-electron chi connectivity index (χ0n) is 27.3. The fourth-order valence-electron chi connectivity index (χ4n) is 5.47. The number of carbonyl (C=O) groups is 1. The highest BCUT2D eigenvalue weighted by Crippen LogP contribution is 2.30. The molecule has 11 nitrogen and oxygen atoms in total. The Morgan fingerprint density at radius 2 is 1.79 bits per heavy atom. The van der Waals surface area contributed by atoms with Crippen LogP contribution < -0.4 is 20.1 Å². The molecule has 0 saturated carbocycles. The van der Waals surface area contributed by atoms with Gasteiger partial charge in [-0.3, -0.25) is 9.89 Å². The van der Waals surface area contributed by atoms with Crippen molar-refractivity contribution in [1.82, 2.24) is 30.0 Å². The maximum Gasteiger partial charge on any atom is 0.262 e. The minimum atomic E-state index is -0.504. The van der Waals surface area contributed by atoms with Gasteiger partial charge in [-0.1, -0.05) is 30.3 Å². The van der Waals surface area contributed by atoms with Gasteiger partial charge in [0.1, 0.15) is 11.3 Å². The van der Waals surface area contributed by atoms with Crippen molar-refractivity contribution in [2.24, 2.45) is 0 Å². The van der Waals surface area contributed by atoms with E-state index in [0.717, 1.165) is 61.5 Å². The lowest BCUT2D eigenvalue weighted by molar-refractivity contribution is 0.102. The molecule has 248 valence electrons. The molecule has 1 aliphatic rings. The van der Waals surface area contributed by atoms with Gasteiger partial charge in [0.15, 0.2) is 11.6 Å². The highest BCUT2D eigenvalue weighted by molar-refractivity contribution is 6.06. The van der Waals surface area contributed by atoms with E-state index in [1.807, 2.05) is 50.2 Å². The van der Waals surface area contributed by atoms with E-state index in [4.69, 9.17) is 9.47 Å². The molecule has 0 atom stereocenters. The van der Waals surface area contributed by atoms with Gasteiger partial charge in [0.2, 0.25) is 11.8 Å². The number of hydrogen-bond acceptors (Lipinski definition) is 9. The van der Waals surface area contributed by atoms with E-state index in [1.165, 1.54) is 12.3 Å². The predicted octanol–water partition coefficient (Wildman–Crippen LogP) is 6.43. The number of aromatic amines is 1. The smallest absolute Gasteiger partial charge is 0.262 e. The number of nitrogens with one attached hydrogen (secondary N) is 3. The van der Waals surface area contributed by atoms with Gasteiger partial charge in [-0.15, -0.1) is 0 Å². The average Bonchev–Trinajstić information content (AvgIpc) is 3.62. The Labute approximate surface area is 279 Å². The van der Waals surface area contributed by atoms with Gasteiger partial charge in [-0.25, -0.2) is 9.37 Å². The summed E-state index contributed by atoms with van der Waals surface area (Å²) in [6.07, 6.45) is 3.94. The van der Waals surface area contributed by atoms with Crippen LogP contribution in [0.15, 0.2) is 79.1 Å². The molecule has 48 heavy (non-hydrogen) atoms. The fourth-order valence-corrected chi connectivity index (χ4v) is 5.47. The largest absolute Gasteiger partial charge is 0.490 e. The van der Waals surface area contributed by atoms with Crippen LogP contribution in [-0.2, 0) is 0 Å². The second-order valence-electron chi connectivity index (χ2n) is 11.8. The van der Waals surface area contributed by atoms with Crippen molar-refractivity contribution < 1.29 is 18.7 Å². The van der Waals surface area contributed by atoms with Gasteiger partial charge in [0.05, 0.1) is 12.3 Å². The summed E-state index contributed by atoms with van der Waals surface area (Å²) in [4.78, 5) is 27.2. The SMILES string of the molecule is Cc1cccc(C)c1NC(=O)c1cnc(Nc2ccc(OCCCN3CCN(C)CC3)c(F)c2)nc1Oc1cccc(-c2cc[nH]n2)c1. The molecule has 0 bridgehead atoms. The minimum Gasteiger partial charge on any atom is -0.490 e. The lowest BCUT2D eigenvalue weighted by Crippen LogP contribution is -2.44. The number of piperazine rings is 1.